The molecule has 1 heteroatoms. The Morgan fingerprint density at radius 2 is 1.08 bits per heavy atom. The van der Waals surface area contributed by atoms with Crippen LogP contribution in [0.1, 0.15) is 57.8 Å². The van der Waals surface area contributed by atoms with Crippen LogP contribution in [0.5, 0.6) is 0 Å². The monoisotopic (exact) mass is 163 g/mol. The molecule has 0 aromatic rings. The summed E-state index contributed by atoms with van der Waals surface area (Å²) in [5.41, 5.74) is 0. The third kappa shape index (κ3) is 2.28. The second-order valence-electron chi connectivity index (χ2n) is 4.64. The molecule has 0 N–H and O–H groups in total. The predicted octanol–water partition coefficient (Wildman–Crippen LogP) is 3.81. The predicted molar refractivity (Wildman–Crippen MR) is 54.8 cm³/mol. The molecule has 2 saturated heterocycles. The second kappa shape index (κ2) is 4.34. The Morgan fingerprint density at radius 1 is 0.583 bits per heavy atom. The molecule has 2 fully saturated rings. The summed E-state index contributed by atoms with van der Waals surface area (Å²) in [7, 11) is 2.69. The van der Waals surface area contributed by atoms with Crippen LogP contribution in [0.4, 0.5) is 0 Å². The summed E-state index contributed by atoms with van der Waals surface area (Å²) in [5, 5.41) is 0. The van der Waals surface area contributed by atoms with E-state index in [1.807, 2.05) is 0 Å². The Bertz CT molecular complexity index is 119. The van der Waals surface area contributed by atoms with Gasteiger partial charge in [0.25, 0.3) is 0 Å². The van der Waals surface area contributed by atoms with Crippen molar-refractivity contribution in [2.45, 2.75) is 69.4 Å². The lowest BCUT2D eigenvalue weighted by atomic mass is 9.47. The molecule has 12 heavy (non-hydrogen) atoms. The van der Waals surface area contributed by atoms with Gasteiger partial charge < -0.3 is 0 Å². The molecule has 0 spiro atoms. The first-order valence-corrected chi connectivity index (χ1v) is 5.80. The molecule has 2 rings (SSSR count). The molecule has 2 atom stereocenters. The van der Waals surface area contributed by atoms with E-state index in [0.717, 1.165) is 11.6 Å². The molecule has 1 radical (unpaired) electrons. The van der Waals surface area contributed by atoms with Crippen LogP contribution in [0.2, 0.25) is 11.6 Å². The highest BCUT2D eigenvalue weighted by Crippen LogP contribution is 2.37. The van der Waals surface area contributed by atoms with Crippen molar-refractivity contribution in [3.63, 3.8) is 0 Å². The third-order valence-corrected chi connectivity index (χ3v) is 3.59. The summed E-state index contributed by atoms with van der Waals surface area (Å²) in [6.45, 7) is 0. The Hall–Kier alpha value is 0.0649. The van der Waals surface area contributed by atoms with E-state index in [0.29, 0.717) is 0 Å². The Labute approximate surface area is 77.4 Å². The van der Waals surface area contributed by atoms with Crippen LogP contribution in [0.3, 0.4) is 0 Å². The van der Waals surface area contributed by atoms with Gasteiger partial charge in [-0.1, -0.05) is 69.4 Å². The van der Waals surface area contributed by atoms with Crippen molar-refractivity contribution in [1.29, 1.82) is 0 Å². The molecule has 0 aromatic carbocycles. The van der Waals surface area contributed by atoms with Crippen molar-refractivity contribution in [3.05, 3.63) is 0 Å². The zero-order valence-corrected chi connectivity index (χ0v) is 8.10. The lowest BCUT2D eigenvalue weighted by Crippen LogP contribution is -2.16. The van der Waals surface area contributed by atoms with Crippen LogP contribution >= 0.6 is 0 Å². The number of rotatable bonds is 0. The van der Waals surface area contributed by atoms with Gasteiger partial charge in [0.2, 0.25) is 0 Å². The van der Waals surface area contributed by atoms with E-state index < -0.39 is 0 Å². The standard InChI is InChI=1S/C11H20B/c1-2-4-7-11-9-5-8-10(12-11)6-3-1/h10-11H,1-9H2. The SMILES string of the molecule is [B]1C2CCCCCCC1CCC2. The van der Waals surface area contributed by atoms with Gasteiger partial charge in [0.15, 0.2) is 0 Å². The van der Waals surface area contributed by atoms with E-state index in [4.69, 9.17) is 0 Å². The van der Waals surface area contributed by atoms with E-state index in [9.17, 15) is 0 Å². The molecule has 2 unspecified atom stereocenters. The smallest absolute Gasteiger partial charge is 0.0686 e. The van der Waals surface area contributed by atoms with Crippen LogP contribution in [0.25, 0.3) is 0 Å². The van der Waals surface area contributed by atoms with Gasteiger partial charge in [-0.2, -0.15) is 0 Å². The number of hydrogen-bond acceptors (Lipinski definition) is 0. The molecular formula is C11H20B. The van der Waals surface area contributed by atoms with E-state index in [2.05, 4.69) is 7.28 Å². The zero-order valence-electron chi connectivity index (χ0n) is 8.10. The summed E-state index contributed by atoms with van der Waals surface area (Å²) in [5.74, 6) is 2.00. The minimum absolute atomic E-state index is 1.00. The van der Waals surface area contributed by atoms with Crippen LogP contribution in [-0.2, 0) is 0 Å². The lowest BCUT2D eigenvalue weighted by molar-refractivity contribution is 0.532. The average Bonchev–Trinajstić information content (AvgIpc) is 2.17. The summed E-state index contributed by atoms with van der Waals surface area (Å²) in [6.07, 6.45) is 13.5. The van der Waals surface area contributed by atoms with Crippen molar-refractivity contribution in [2.75, 3.05) is 0 Å². The van der Waals surface area contributed by atoms with E-state index >= 15 is 0 Å². The maximum atomic E-state index is 2.69. The zero-order chi connectivity index (χ0) is 8.23. The van der Waals surface area contributed by atoms with Crippen LogP contribution in [0.15, 0.2) is 0 Å². The van der Waals surface area contributed by atoms with Gasteiger partial charge in [-0.25, -0.2) is 0 Å². The average molecular weight is 163 g/mol. The normalized spacial score (nSPS) is 37.3. The molecule has 67 valence electrons. The van der Waals surface area contributed by atoms with Crippen LogP contribution < -0.4 is 0 Å². The number of hydrogen-bond donors (Lipinski definition) is 0. The summed E-state index contributed by atoms with van der Waals surface area (Å²) in [4.78, 5) is 0. The van der Waals surface area contributed by atoms with E-state index in [1.165, 1.54) is 57.8 Å². The number of fused-ring (bicyclic) bond motifs is 2. The Morgan fingerprint density at radius 3 is 1.67 bits per heavy atom. The quantitative estimate of drug-likeness (QED) is 0.476. The highest BCUT2D eigenvalue weighted by molar-refractivity contribution is 6.39. The topological polar surface area (TPSA) is 0 Å². The summed E-state index contributed by atoms with van der Waals surface area (Å²) in [6, 6.07) is 0. The fourth-order valence-electron chi connectivity index (χ4n) is 2.87. The first-order chi connectivity index (χ1) is 5.95. The van der Waals surface area contributed by atoms with Crippen molar-refractivity contribution in [3.8, 4) is 0 Å². The summed E-state index contributed by atoms with van der Waals surface area (Å²) < 4.78 is 0. The fourth-order valence-corrected chi connectivity index (χ4v) is 2.87. The first kappa shape index (κ1) is 8.65. The van der Waals surface area contributed by atoms with Crippen molar-refractivity contribution >= 4 is 7.28 Å². The maximum Gasteiger partial charge on any atom is 0.117 e. The molecule has 0 aromatic heterocycles. The largest absolute Gasteiger partial charge is 0.117 e. The molecule has 0 nitrogen and oxygen atoms in total. The molecule has 0 saturated carbocycles. The lowest BCUT2D eigenvalue weighted by Gasteiger charge is -2.27. The molecule has 2 aliphatic heterocycles. The van der Waals surface area contributed by atoms with Crippen molar-refractivity contribution < 1.29 is 0 Å². The molecule has 2 aliphatic rings. The summed E-state index contributed by atoms with van der Waals surface area (Å²) >= 11 is 0. The highest BCUT2D eigenvalue weighted by Gasteiger charge is 2.23. The third-order valence-electron chi connectivity index (χ3n) is 3.59. The second-order valence-corrected chi connectivity index (χ2v) is 4.64. The van der Waals surface area contributed by atoms with Gasteiger partial charge >= 0.3 is 0 Å². The molecule has 0 aliphatic carbocycles. The van der Waals surface area contributed by atoms with Gasteiger partial charge in [-0.15, -0.1) is 0 Å². The highest BCUT2D eigenvalue weighted by atomic mass is 14.2. The minimum Gasteiger partial charge on any atom is -0.0686 e. The van der Waals surface area contributed by atoms with Crippen molar-refractivity contribution in [1.82, 2.24) is 0 Å². The van der Waals surface area contributed by atoms with Gasteiger partial charge in [-0.05, 0) is 0 Å². The van der Waals surface area contributed by atoms with Gasteiger partial charge in [0.1, 0.15) is 7.28 Å². The minimum atomic E-state index is 1.00. The molecule has 2 bridgehead atoms. The van der Waals surface area contributed by atoms with Gasteiger partial charge in [-0.3, -0.25) is 0 Å². The molecule has 2 heterocycles. The fraction of sp³-hybridized carbons (Fsp3) is 1.00. The maximum absolute atomic E-state index is 2.69. The van der Waals surface area contributed by atoms with Gasteiger partial charge in [0, 0.05) is 0 Å². The van der Waals surface area contributed by atoms with Crippen LogP contribution in [0, 0.1) is 0 Å². The Balaban J connectivity index is 1.88. The van der Waals surface area contributed by atoms with Gasteiger partial charge in [0.05, 0.1) is 0 Å². The van der Waals surface area contributed by atoms with E-state index in [1.54, 1.807) is 0 Å². The van der Waals surface area contributed by atoms with Crippen LogP contribution in [-0.4, -0.2) is 7.28 Å². The molecular weight excluding hydrogens is 143 g/mol. The Kier molecular flexibility index (Phi) is 3.13. The van der Waals surface area contributed by atoms with E-state index in [-0.39, 0.29) is 0 Å². The first-order valence-electron chi connectivity index (χ1n) is 5.80. The molecule has 0 amide bonds. The van der Waals surface area contributed by atoms with Crippen molar-refractivity contribution in [2.24, 2.45) is 0 Å².